The zero-order valence-electron chi connectivity index (χ0n) is 16.3. The Hall–Kier alpha value is -2.53. The Morgan fingerprint density at radius 1 is 0.963 bits per heavy atom. The SMILES string of the molecule is CCCCCCNC(=O)Nc1cccc(COCc2ccc(OC)cc2)c1. The van der Waals surface area contributed by atoms with Gasteiger partial charge >= 0.3 is 6.03 Å². The van der Waals surface area contributed by atoms with E-state index in [1.165, 1.54) is 12.8 Å². The van der Waals surface area contributed by atoms with Gasteiger partial charge in [-0.25, -0.2) is 4.79 Å². The summed E-state index contributed by atoms with van der Waals surface area (Å²) in [7, 11) is 1.65. The molecule has 2 rings (SSSR count). The van der Waals surface area contributed by atoms with Crippen molar-refractivity contribution in [2.24, 2.45) is 0 Å². The van der Waals surface area contributed by atoms with Crippen LogP contribution in [0.1, 0.15) is 43.7 Å². The Labute approximate surface area is 162 Å². The molecule has 0 aliphatic carbocycles. The van der Waals surface area contributed by atoms with E-state index in [1.54, 1.807) is 7.11 Å². The summed E-state index contributed by atoms with van der Waals surface area (Å²) in [6, 6.07) is 15.4. The van der Waals surface area contributed by atoms with Crippen molar-refractivity contribution in [3.8, 4) is 5.75 Å². The highest BCUT2D eigenvalue weighted by atomic mass is 16.5. The number of hydrogen-bond acceptors (Lipinski definition) is 3. The molecular formula is C22H30N2O3. The fourth-order valence-electron chi connectivity index (χ4n) is 2.68. The van der Waals surface area contributed by atoms with Crippen LogP contribution < -0.4 is 15.4 Å². The lowest BCUT2D eigenvalue weighted by molar-refractivity contribution is 0.107. The molecule has 0 saturated heterocycles. The van der Waals surface area contributed by atoms with E-state index in [9.17, 15) is 4.79 Å². The summed E-state index contributed by atoms with van der Waals surface area (Å²) in [6.07, 6.45) is 4.57. The number of carbonyl (C=O) groups is 1. The van der Waals surface area contributed by atoms with Gasteiger partial charge in [0.05, 0.1) is 20.3 Å². The number of hydrogen-bond donors (Lipinski definition) is 2. The lowest BCUT2D eigenvalue weighted by Gasteiger charge is -2.10. The van der Waals surface area contributed by atoms with E-state index in [1.807, 2.05) is 48.5 Å². The largest absolute Gasteiger partial charge is 0.497 e. The van der Waals surface area contributed by atoms with Crippen LogP contribution in [-0.2, 0) is 18.0 Å². The predicted octanol–water partition coefficient (Wildman–Crippen LogP) is 5.11. The molecule has 0 aliphatic rings. The molecule has 0 fully saturated rings. The standard InChI is InChI=1S/C22H30N2O3/c1-3-4-5-6-14-23-22(25)24-20-9-7-8-19(15-20)17-27-16-18-10-12-21(26-2)13-11-18/h7-13,15H,3-6,14,16-17H2,1-2H3,(H2,23,24,25). The first kappa shape index (κ1) is 20.8. The molecule has 0 bridgehead atoms. The highest BCUT2D eigenvalue weighted by molar-refractivity contribution is 5.89. The summed E-state index contributed by atoms with van der Waals surface area (Å²) in [4.78, 5) is 11.9. The monoisotopic (exact) mass is 370 g/mol. The van der Waals surface area contributed by atoms with Gasteiger partial charge in [0.15, 0.2) is 0 Å². The molecule has 0 saturated carbocycles. The lowest BCUT2D eigenvalue weighted by atomic mass is 10.2. The zero-order chi connectivity index (χ0) is 19.3. The van der Waals surface area contributed by atoms with Gasteiger partial charge < -0.3 is 20.1 Å². The normalized spacial score (nSPS) is 10.4. The highest BCUT2D eigenvalue weighted by Crippen LogP contribution is 2.14. The number of urea groups is 1. The second-order valence-electron chi connectivity index (χ2n) is 6.48. The number of anilines is 1. The molecule has 0 unspecified atom stereocenters. The maximum atomic E-state index is 11.9. The lowest BCUT2D eigenvalue weighted by Crippen LogP contribution is -2.29. The van der Waals surface area contributed by atoms with Crippen LogP contribution in [0.5, 0.6) is 5.75 Å². The number of rotatable bonds is 11. The van der Waals surface area contributed by atoms with Gasteiger partial charge in [0.2, 0.25) is 0 Å². The molecule has 0 radical (unpaired) electrons. The topological polar surface area (TPSA) is 59.6 Å². The minimum absolute atomic E-state index is 0.164. The Kier molecular flexibility index (Phi) is 9.21. The summed E-state index contributed by atoms with van der Waals surface area (Å²) in [5.74, 6) is 0.834. The number of carbonyl (C=O) groups excluding carboxylic acids is 1. The number of nitrogens with one attached hydrogen (secondary N) is 2. The molecule has 0 atom stereocenters. The van der Waals surface area contributed by atoms with E-state index >= 15 is 0 Å². The molecule has 146 valence electrons. The van der Waals surface area contributed by atoms with E-state index in [0.717, 1.165) is 35.4 Å². The first-order valence-corrected chi connectivity index (χ1v) is 9.55. The Morgan fingerprint density at radius 2 is 1.74 bits per heavy atom. The van der Waals surface area contributed by atoms with Crippen LogP contribution in [0.3, 0.4) is 0 Å². The Bertz CT molecular complexity index is 686. The van der Waals surface area contributed by atoms with Gasteiger partial charge in [0, 0.05) is 12.2 Å². The van der Waals surface area contributed by atoms with Crippen molar-refractivity contribution in [3.63, 3.8) is 0 Å². The maximum Gasteiger partial charge on any atom is 0.319 e. The Balaban J connectivity index is 1.73. The average Bonchev–Trinajstić information content (AvgIpc) is 2.69. The molecule has 2 N–H and O–H groups in total. The number of amides is 2. The number of benzene rings is 2. The first-order valence-electron chi connectivity index (χ1n) is 9.55. The Morgan fingerprint density at radius 3 is 2.48 bits per heavy atom. The van der Waals surface area contributed by atoms with Crippen molar-refractivity contribution in [3.05, 3.63) is 59.7 Å². The number of methoxy groups -OCH3 is 1. The molecule has 27 heavy (non-hydrogen) atoms. The van der Waals surface area contributed by atoms with Crippen molar-refractivity contribution in [2.45, 2.75) is 45.8 Å². The van der Waals surface area contributed by atoms with Crippen LogP contribution in [0.2, 0.25) is 0 Å². The fraction of sp³-hybridized carbons (Fsp3) is 0.409. The van der Waals surface area contributed by atoms with Gasteiger partial charge in [0.25, 0.3) is 0 Å². The quantitative estimate of drug-likeness (QED) is 0.540. The molecular weight excluding hydrogens is 340 g/mol. The minimum atomic E-state index is -0.164. The fourth-order valence-corrected chi connectivity index (χ4v) is 2.68. The van der Waals surface area contributed by atoms with Crippen LogP contribution in [0.4, 0.5) is 10.5 Å². The van der Waals surface area contributed by atoms with Crippen LogP contribution in [0, 0.1) is 0 Å². The van der Waals surface area contributed by atoms with Crippen molar-refractivity contribution in [2.75, 3.05) is 19.0 Å². The van der Waals surface area contributed by atoms with Crippen LogP contribution in [0.25, 0.3) is 0 Å². The van der Waals surface area contributed by atoms with Gasteiger partial charge in [0.1, 0.15) is 5.75 Å². The smallest absolute Gasteiger partial charge is 0.319 e. The average molecular weight is 370 g/mol. The van der Waals surface area contributed by atoms with E-state index < -0.39 is 0 Å². The second-order valence-corrected chi connectivity index (χ2v) is 6.48. The van der Waals surface area contributed by atoms with Crippen molar-refractivity contribution >= 4 is 11.7 Å². The minimum Gasteiger partial charge on any atom is -0.497 e. The van der Waals surface area contributed by atoms with E-state index in [-0.39, 0.29) is 6.03 Å². The first-order chi connectivity index (χ1) is 13.2. The van der Waals surface area contributed by atoms with E-state index in [0.29, 0.717) is 19.8 Å². The third-order valence-corrected chi connectivity index (χ3v) is 4.20. The zero-order valence-corrected chi connectivity index (χ0v) is 16.3. The van der Waals surface area contributed by atoms with Gasteiger partial charge in [-0.2, -0.15) is 0 Å². The summed E-state index contributed by atoms with van der Waals surface area (Å²) in [5, 5.41) is 5.77. The summed E-state index contributed by atoms with van der Waals surface area (Å²) in [5.41, 5.74) is 2.88. The summed E-state index contributed by atoms with van der Waals surface area (Å²) >= 11 is 0. The molecule has 0 aromatic heterocycles. The second kappa shape index (κ2) is 12.0. The molecule has 2 aromatic rings. The molecule has 0 spiro atoms. The third-order valence-electron chi connectivity index (χ3n) is 4.20. The van der Waals surface area contributed by atoms with Gasteiger partial charge in [-0.15, -0.1) is 0 Å². The molecule has 5 nitrogen and oxygen atoms in total. The van der Waals surface area contributed by atoms with Crippen molar-refractivity contribution < 1.29 is 14.3 Å². The molecule has 0 heterocycles. The van der Waals surface area contributed by atoms with Gasteiger partial charge in [-0.05, 0) is 41.8 Å². The van der Waals surface area contributed by atoms with E-state index in [2.05, 4.69) is 17.6 Å². The van der Waals surface area contributed by atoms with Crippen molar-refractivity contribution in [1.29, 1.82) is 0 Å². The molecule has 5 heteroatoms. The highest BCUT2D eigenvalue weighted by Gasteiger charge is 2.03. The number of unbranched alkanes of at least 4 members (excludes halogenated alkanes) is 3. The third kappa shape index (κ3) is 8.13. The van der Waals surface area contributed by atoms with Crippen LogP contribution >= 0.6 is 0 Å². The van der Waals surface area contributed by atoms with Gasteiger partial charge in [-0.1, -0.05) is 50.5 Å². The van der Waals surface area contributed by atoms with Crippen LogP contribution in [0.15, 0.2) is 48.5 Å². The van der Waals surface area contributed by atoms with Crippen molar-refractivity contribution in [1.82, 2.24) is 5.32 Å². The van der Waals surface area contributed by atoms with Gasteiger partial charge in [-0.3, -0.25) is 0 Å². The summed E-state index contributed by atoms with van der Waals surface area (Å²) < 4.78 is 10.9. The van der Waals surface area contributed by atoms with Crippen LogP contribution in [-0.4, -0.2) is 19.7 Å². The van der Waals surface area contributed by atoms with E-state index in [4.69, 9.17) is 9.47 Å². The predicted molar refractivity (Wildman–Crippen MR) is 109 cm³/mol. The molecule has 2 aromatic carbocycles. The summed E-state index contributed by atoms with van der Waals surface area (Å²) in [6.45, 7) is 3.89. The number of ether oxygens (including phenoxy) is 2. The molecule has 2 amide bonds. The maximum absolute atomic E-state index is 11.9. The molecule has 0 aliphatic heterocycles.